The molecule has 0 saturated heterocycles. The molecule has 4 heteroatoms. The summed E-state index contributed by atoms with van der Waals surface area (Å²) in [4.78, 5) is 18.3. The zero-order valence-electron chi connectivity index (χ0n) is 7.59. The van der Waals surface area contributed by atoms with Crippen molar-refractivity contribution in [2.75, 3.05) is 0 Å². The summed E-state index contributed by atoms with van der Waals surface area (Å²) in [6.45, 7) is 1.56. The number of carbonyl (C=O) groups is 1. The number of carbonyl (C=O) groups excluding carboxylic acids is 1. The Morgan fingerprint density at radius 1 is 1.62 bits per heavy atom. The topological polar surface area (TPSA) is 45.8 Å². The van der Waals surface area contributed by atoms with Gasteiger partial charge in [0.05, 0.1) is 0 Å². The van der Waals surface area contributed by atoms with Gasteiger partial charge in [-0.2, -0.15) is 0 Å². The summed E-state index contributed by atoms with van der Waals surface area (Å²) in [5.74, 6) is 0.0682. The van der Waals surface area contributed by atoms with Gasteiger partial charge in [-0.25, -0.2) is 4.98 Å². The highest BCUT2D eigenvalue weighted by Gasteiger charge is 2.07. The van der Waals surface area contributed by atoms with Crippen LogP contribution in [0.15, 0.2) is 18.5 Å². The van der Waals surface area contributed by atoms with Gasteiger partial charge in [0.25, 0.3) is 0 Å². The second-order valence-electron chi connectivity index (χ2n) is 3.17. The van der Waals surface area contributed by atoms with Gasteiger partial charge in [0.1, 0.15) is 13.5 Å². The number of hydrogen-bond acceptors (Lipinski definition) is 2. The molecule has 2 rings (SSSR count). The zero-order chi connectivity index (χ0) is 9.42. The van der Waals surface area contributed by atoms with Gasteiger partial charge < -0.3 is 4.98 Å². The van der Waals surface area contributed by atoms with Crippen LogP contribution in [-0.4, -0.2) is 23.6 Å². The van der Waals surface area contributed by atoms with E-state index in [0.717, 1.165) is 16.5 Å². The highest BCUT2D eigenvalue weighted by molar-refractivity contribution is 6.33. The van der Waals surface area contributed by atoms with Crippen LogP contribution in [0.1, 0.15) is 17.3 Å². The van der Waals surface area contributed by atoms with Crippen molar-refractivity contribution in [2.24, 2.45) is 0 Å². The molecule has 0 amide bonds. The highest BCUT2D eigenvalue weighted by atomic mass is 16.1. The van der Waals surface area contributed by atoms with Crippen molar-refractivity contribution in [3.63, 3.8) is 0 Å². The number of rotatable bonds is 1. The number of aromatic nitrogens is 2. The van der Waals surface area contributed by atoms with Gasteiger partial charge >= 0.3 is 0 Å². The number of fused-ring (bicyclic) bond motifs is 1. The second kappa shape index (κ2) is 2.73. The van der Waals surface area contributed by atoms with E-state index in [9.17, 15) is 4.79 Å². The van der Waals surface area contributed by atoms with Crippen LogP contribution < -0.4 is 5.46 Å². The Kier molecular flexibility index (Phi) is 1.69. The number of Topliss-reactive ketones (excluding diaryl/α,β-unsaturated/α-hetero) is 1. The van der Waals surface area contributed by atoms with Gasteiger partial charge in [0, 0.05) is 23.3 Å². The molecule has 0 spiro atoms. The molecule has 1 N–H and O–H groups in total. The molecular formula is C9H9BN2O. The lowest BCUT2D eigenvalue weighted by Crippen LogP contribution is -2.02. The van der Waals surface area contributed by atoms with Gasteiger partial charge in [0.15, 0.2) is 5.78 Å². The van der Waals surface area contributed by atoms with Crippen LogP contribution in [0.25, 0.3) is 11.0 Å². The monoisotopic (exact) mass is 172 g/mol. The summed E-state index contributed by atoms with van der Waals surface area (Å²) >= 11 is 0. The SMILES string of the molecule is Bc1cnc2[nH]cc(C(C)=O)c2c1. The minimum Gasteiger partial charge on any atom is -0.345 e. The third-order valence-electron chi connectivity index (χ3n) is 2.05. The summed E-state index contributed by atoms with van der Waals surface area (Å²) in [7, 11) is 1.96. The first-order valence-corrected chi connectivity index (χ1v) is 4.13. The average molecular weight is 172 g/mol. The Balaban J connectivity index is 2.79. The molecule has 0 fully saturated rings. The number of aromatic amines is 1. The number of nitrogens with zero attached hydrogens (tertiary/aromatic N) is 1. The summed E-state index contributed by atoms with van der Waals surface area (Å²) in [6.07, 6.45) is 3.49. The van der Waals surface area contributed by atoms with Gasteiger partial charge in [0.2, 0.25) is 0 Å². The molecule has 3 nitrogen and oxygen atoms in total. The van der Waals surface area contributed by atoms with Crippen LogP contribution in [0.5, 0.6) is 0 Å². The molecule has 0 aliphatic carbocycles. The van der Waals surface area contributed by atoms with Crippen molar-refractivity contribution < 1.29 is 4.79 Å². The summed E-state index contributed by atoms with van der Waals surface area (Å²) < 4.78 is 0. The van der Waals surface area contributed by atoms with Crippen molar-refractivity contribution >= 4 is 30.1 Å². The molecule has 0 unspecified atom stereocenters. The number of pyridine rings is 1. The highest BCUT2D eigenvalue weighted by Crippen LogP contribution is 2.14. The van der Waals surface area contributed by atoms with Crippen LogP contribution in [0.2, 0.25) is 0 Å². The first kappa shape index (κ1) is 8.04. The van der Waals surface area contributed by atoms with Crippen molar-refractivity contribution in [3.05, 3.63) is 24.0 Å². The number of H-pyrrole nitrogens is 1. The van der Waals surface area contributed by atoms with E-state index in [2.05, 4.69) is 9.97 Å². The van der Waals surface area contributed by atoms with Gasteiger partial charge in [-0.15, -0.1) is 0 Å². The van der Waals surface area contributed by atoms with Gasteiger partial charge in [-0.1, -0.05) is 11.5 Å². The molecule has 0 aliphatic rings. The van der Waals surface area contributed by atoms with E-state index in [1.165, 1.54) is 0 Å². The zero-order valence-corrected chi connectivity index (χ0v) is 7.59. The van der Waals surface area contributed by atoms with E-state index in [4.69, 9.17) is 0 Å². The summed E-state index contributed by atoms with van der Waals surface area (Å²) in [6, 6.07) is 1.97. The normalized spacial score (nSPS) is 10.5. The molecule has 2 aromatic rings. The Bertz CT molecular complexity index is 475. The van der Waals surface area contributed by atoms with Gasteiger partial charge in [-0.05, 0) is 6.92 Å². The molecular weight excluding hydrogens is 163 g/mol. The van der Waals surface area contributed by atoms with E-state index < -0.39 is 0 Å². The maximum atomic E-state index is 11.2. The number of ketones is 1. The quantitative estimate of drug-likeness (QED) is 0.487. The third kappa shape index (κ3) is 1.24. The minimum atomic E-state index is 0.0682. The molecule has 0 bridgehead atoms. The van der Waals surface area contributed by atoms with E-state index in [1.807, 2.05) is 13.9 Å². The fraction of sp³-hybridized carbons (Fsp3) is 0.111. The van der Waals surface area contributed by atoms with Crippen LogP contribution in [0.4, 0.5) is 0 Å². The predicted octanol–water partition coefficient (Wildman–Crippen LogP) is 0.0239. The molecule has 0 radical (unpaired) electrons. The van der Waals surface area contributed by atoms with Crippen LogP contribution in [-0.2, 0) is 0 Å². The van der Waals surface area contributed by atoms with E-state index in [1.54, 1.807) is 19.3 Å². The lowest BCUT2D eigenvalue weighted by molar-refractivity contribution is 0.101. The Hall–Kier alpha value is -1.58. The van der Waals surface area contributed by atoms with Crippen molar-refractivity contribution in [1.82, 2.24) is 9.97 Å². The smallest absolute Gasteiger partial charge is 0.162 e. The van der Waals surface area contributed by atoms with Crippen LogP contribution in [0, 0.1) is 0 Å². The van der Waals surface area contributed by atoms with E-state index >= 15 is 0 Å². The third-order valence-corrected chi connectivity index (χ3v) is 2.05. The largest absolute Gasteiger partial charge is 0.345 e. The molecule has 0 aromatic carbocycles. The van der Waals surface area contributed by atoms with Crippen molar-refractivity contribution in [2.45, 2.75) is 6.92 Å². The molecule has 2 aromatic heterocycles. The molecule has 0 aliphatic heterocycles. The molecule has 0 atom stereocenters. The van der Waals surface area contributed by atoms with Crippen LogP contribution >= 0.6 is 0 Å². The second-order valence-corrected chi connectivity index (χ2v) is 3.17. The first-order valence-electron chi connectivity index (χ1n) is 4.13. The lowest BCUT2D eigenvalue weighted by Gasteiger charge is -1.94. The van der Waals surface area contributed by atoms with Crippen molar-refractivity contribution in [3.8, 4) is 0 Å². The minimum absolute atomic E-state index is 0.0682. The number of nitrogens with one attached hydrogen (secondary N) is 1. The molecule has 2 heterocycles. The van der Waals surface area contributed by atoms with Crippen LogP contribution in [0.3, 0.4) is 0 Å². The number of hydrogen-bond donors (Lipinski definition) is 1. The molecule has 64 valence electrons. The fourth-order valence-corrected chi connectivity index (χ4v) is 1.40. The Morgan fingerprint density at radius 3 is 3.08 bits per heavy atom. The Labute approximate surface area is 76.6 Å². The van der Waals surface area contributed by atoms with E-state index in [0.29, 0.717) is 5.56 Å². The fourth-order valence-electron chi connectivity index (χ4n) is 1.40. The Morgan fingerprint density at radius 2 is 2.38 bits per heavy atom. The molecule has 13 heavy (non-hydrogen) atoms. The maximum Gasteiger partial charge on any atom is 0.162 e. The molecule has 0 saturated carbocycles. The summed E-state index contributed by atoms with van der Waals surface area (Å²) in [5, 5.41) is 0.910. The van der Waals surface area contributed by atoms with E-state index in [-0.39, 0.29) is 5.78 Å². The summed E-state index contributed by atoms with van der Waals surface area (Å²) in [5.41, 5.74) is 2.55. The van der Waals surface area contributed by atoms with Gasteiger partial charge in [-0.3, -0.25) is 4.79 Å². The maximum absolute atomic E-state index is 11.2. The van der Waals surface area contributed by atoms with Crippen molar-refractivity contribution in [1.29, 1.82) is 0 Å². The lowest BCUT2D eigenvalue weighted by atomic mass is 9.97. The standard InChI is InChI=1S/C9H9BN2O/c1-5(13)8-4-12-9-7(8)2-6(10)3-11-9/h2-4H,10H2,1H3,(H,11,12). The average Bonchev–Trinajstić information content (AvgIpc) is 2.46. The predicted molar refractivity (Wildman–Crippen MR) is 54.3 cm³/mol. The first-order chi connectivity index (χ1) is 6.18.